The van der Waals surface area contributed by atoms with Gasteiger partial charge in [-0.05, 0) is 39.0 Å². The third-order valence-electron chi connectivity index (χ3n) is 3.88. The molecule has 0 N–H and O–H groups in total. The van der Waals surface area contributed by atoms with Crippen LogP contribution in [0.5, 0.6) is 0 Å². The normalized spacial score (nSPS) is 15.7. The van der Waals surface area contributed by atoms with E-state index in [4.69, 9.17) is 16.3 Å². The summed E-state index contributed by atoms with van der Waals surface area (Å²) in [6, 6.07) is 5.70. The summed E-state index contributed by atoms with van der Waals surface area (Å²) in [7, 11) is 0. The van der Waals surface area contributed by atoms with Crippen LogP contribution >= 0.6 is 11.6 Å². The minimum absolute atomic E-state index is 0.261. The molecule has 3 rings (SSSR count). The fourth-order valence-corrected chi connectivity index (χ4v) is 2.96. The molecule has 6 nitrogen and oxygen atoms in total. The second kappa shape index (κ2) is 6.43. The van der Waals surface area contributed by atoms with Gasteiger partial charge in [0.1, 0.15) is 11.1 Å². The Morgan fingerprint density at radius 3 is 2.54 bits per heavy atom. The van der Waals surface area contributed by atoms with E-state index in [1.165, 1.54) is 0 Å². The second-order valence-electron chi connectivity index (χ2n) is 6.81. The Morgan fingerprint density at radius 1 is 1.17 bits per heavy atom. The van der Waals surface area contributed by atoms with E-state index in [0.717, 1.165) is 16.6 Å². The number of nitrogens with zero attached hydrogens (tertiary/aromatic N) is 4. The molecule has 0 aliphatic carbocycles. The molecule has 1 saturated heterocycles. The third kappa shape index (κ3) is 3.53. The summed E-state index contributed by atoms with van der Waals surface area (Å²) in [5.74, 6) is 0. The van der Waals surface area contributed by atoms with Gasteiger partial charge >= 0.3 is 6.09 Å². The Morgan fingerprint density at radius 2 is 1.88 bits per heavy atom. The van der Waals surface area contributed by atoms with Crippen molar-refractivity contribution < 1.29 is 9.53 Å². The largest absolute Gasteiger partial charge is 0.444 e. The average molecular weight is 349 g/mol. The van der Waals surface area contributed by atoms with Crippen molar-refractivity contribution in [3.63, 3.8) is 0 Å². The minimum atomic E-state index is -0.476. The zero-order valence-electron chi connectivity index (χ0n) is 14.1. The van der Waals surface area contributed by atoms with Crippen LogP contribution in [0.4, 0.5) is 10.5 Å². The van der Waals surface area contributed by atoms with Crippen molar-refractivity contribution in [2.24, 2.45) is 0 Å². The Balaban J connectivity index is 1.74. The number of amides is 1. The van der Waals surface area contributed by atoms with Gasteiger partial charge in [0, 0.05) is 31.6 Å². The van der Waals surface area contributed by atoms with Gasteiger partial charge in [0.25, 0.3) is 0 Å². The number of aromatic nitrogens is 2. The summed E-state index contributed by atoms with van der Waals surface area (Å²) in [5, 5.41) is 9.76. The number of carbonyl (C=O) groups is 1. The number of hydrogen-bond acceptors (Lipinski definition) is 5. The maximum absolute atomic E-state index is 12.2. The van der Waals surface area contributed by atoms with Crippen LogP contribution in [0.3, 0.4) is 0 Å². The summed E-state index contributed by atoms with van der Waals surface area (Å²) in [4.78, 5) is 16.1. The number of fused-ring (bicyclic) bond motifs is 1. The molecule has 24 heavy (non-hydrogen) atoms. The van der Waals surface area contributed by atoms with E-state index in [-0.39, 0.29) is 6.09 Å². The molecule has 2 heterocycles. The van der Waals surface area contributed by atoms with Gasteiger partial charge in [-0.3, -0.25) is 0 Å². The Bertz CT molecular complexity index is 752. The summed E-state index contributed by atoms with van der Waals surface area (Å²) in [6.07, 6.45) is 1.38. The zero-order valence-corrected chi connectivity index (χ0v) is 14.9. The van der Waals surface area contributed by atoms with Crippen LogP contribution in [0.2, 0.25) is 5.02 Å². The first-order valence-electron chi connectivity index (χ1n) is 7.98. The van der Waals surface area contributed by atoms with Crippen molar-refractivity contribution in [3.8, 4) is 0 Å². The molecular weight excluding hydrogens is 328 g/mol. The predicted molar refractivity (Wildman–Crippen MR) is 94.6 cm³/mol. The van der Waals surface area contributed by atoms with Gasteiger partial charge < -0.3 is 14.5 Å². The van der Waals surface area contributed by atoms with Crippen molar-refractivity contribution in [3.05, 3.63) is 29.4 Å². The zero-order chi connectivity index (χ0) is 17.3. The van der Waals surface area contributed by atoms with Crippen molar-refractivity contribution in [2.45, 2.75) is 26.4 Å². The van der Waals surface area contributed by atoms with E-state index in [2.05, 4.69) is 15.1 Å². The van der Waals surface area contributed by atoms with Crippen LogP contribution in [0.1, 0.15) is 20.8 Å². The van der Waals surface area contributed by atoms with Crippen molar-refractivity contribution >= 4 is 34.3 Å². The van der Waals surface area contributed by atoms with Gasteiger partial charge in [-0.15, -0.1) is 5.10 Å². The molecule has 1 aliphatic heterocycles. The molecule has 0 unspecified atom stereocenters. The maximum Gasteiger partial charge on any atom is 0.410 e. The fourth-order valence-electron chi connectivity index (χ4n) is 2.75. The molecule has 0 atom stereocenters. The monoisotopic (exact) mass is 348 g/mol. The van der Waals surface area contributed by atoms with Gasteiger partial charge in [-0.2, -0.15) is 5.10 Å². The van der Waals surface area contributed by atoms with E-state index < -0.39 is 5.60 Å². The number of carbonyl (C=O) groups excluding carboxylic acids is 1. The predicted octanol–water partition coefficient (Wildman–Crippen LogP) is 3.34. The van der Waals surface area contributed by atoms with E-state index in [1.54, 1.807) is 11.1 Å². The minimum Gasteiger partial charge on any atom is -0.444 e. The molecule has 0 saturated carbocycles. The van der Waals surface area contributed by atoms with Gasteiger partial charge in [0.2, 0.25) is 0 Å². The Kier molecular flexibility index (Phi) is 4.49. The highest BCUT2D eigenvalue weighted by Crippen LogP contribution is 2.30. The summed E-state index contributed by atoms with van der Waals surface area (Å²) in [6.45, 7) is 8.27. The topological polar surface area (TPSA) is 58.6 Å². The number of halogens is 1. The van der Waals surface area contributed by atoms with Crippen LogP contribution in [-0.4, -0.2) is 53.0 Å². The van der Waals surface area contributed by atoms with Crippen LogP contribution in [0, 0.1) is 0 Å². The number of rotatable bonds is 1. The quantitative estimate of drug-likeness (QED) is 0.791. The van der Waals surface area contributed by atoms with Crippen LogP contribution in [0.15, 0.2) is 24.4 Å². The van der Waals surface area contributed by atoms with Crippen molar-refractivity contribution in [1.29, 1.82) is 0 Å². The molecule has 0 spiro atoms. The molecule has 1 aliphatic rings. The molecule has 1 fully saturated rings. The lowest BCUT2D eigenvalue weighted by Crippen LogP contribution is -2.50. The van der Waals surface area contributed by atoms with Gasteiger partial charge in [-0.25, -0.2) is 4.79 Å². The first-order chi connectivity index (χ1) is 11.3. The Labute approximate surface area is 146 Å². The highest BCUT2D eigenvalue weighted by atomic mass is 35.5. The standard InChI is InChI=1S/C17H21ClN4O2/c1-17(2,3)24-16(23)22-10-8-21(9-11-22)14-5-4-13(18)12-6-7-19-20-15(12)14/h4-7H,8-11H2,1-3H3. The SMILES string of the molecule is CC(C)(C)OC(=O)N1CCN(c2ccc(Cl)c3ccnnc23)CC1. The molecule has 0 radical (unpaired) electrons. The molecule has 2 aromatic rings. The number of ether oxygens (including phenoxy) is 1. The fraction of sp³-hybridized carbons (Fsp3) is 0.471. The van der Waals surface area contributed by atoms with Crippen LogP contribution < -0.4 is 4.90 Å². The molecule has 0 bridgehead atoms. The first-order valence-corrected chi connectivity index (χ1v) is 8.36. The van der Waals surface area contributed by atoms with E-state index in [9.17, 15) is 4.79 Å². The maximum atomic E-state index is 12.2. The van der Waals surface area contributed by atoms with Crippen LogP contribution in [0.25, 0.3) is 10.9 Å². The lowest BCUT2D eigenvalue weighted by atomic mass is 10.1. The molecule has 128 valence electrons. The number of piperazine rings is 1. The van der Waals surface area contributed by atoms with Gasteiger partial charge in [0.15, 0.2) is 0 Å². The number of hydrogen-bond donors (Lipinski definition) is 0. The van der Waals surface area contributed by atoms with E-state index in [0.29, 0.717) is 31.2 Å². The highest BCUT2D eigenvalue weighted by Gasteiger charge is 2.26. The van der Waals surface area contributed by atoms with E-state index >= 15 is 0 Å². The second-order valence-corrected chi connectivity index (χ2v) is 7.22. The molecular formula is C17H21ClN4O2. The van der Waals surface area contributed by atoms with Crippen molar-refractivity contribution in [2.75, 3.05) is 31.1 Å². The molecule has 1 amide bonds. The summed E-state index contributed by atoms with van der Waals surface area (Å²) < 4.78 is 5.43. The third-order valence-corrected chi connectivity index (χ3v) is 4.21. The first kappa shape index (κ1) is 16.8. The van der Waals surface area contributed by atoms with E-state index in [1.807, 2.05) is 39.0 Å². The molecule has 7 heteroatoms. The Hall–Kier alpha value is -2.08. The van der Waals surface area contributed by atoms with Gasteiger partial charge in [0.05, 0.1) is 16.9 Å². The number of benzene rings is 1. The molecule has 1 aromatic carbocycles. The van der Waals surface area contributed by atoms with Gasteiger partial charge in [-0.1, -0.05) is 11.6 Å². The smallest absolute Gasteiger partial charge is 0.410 e. The summed E-state index contributed by atoms with van der Waals surface area (Å²) in [5.41, 5.74) is 1.30. The lowest BCUT2D eigenvalue weighted by Gasteiger charge is -2.37. The highest BCUT2D eigenvalue weighted by molar-refractivity contribution is 6.35. The average Bonchev–Trinajstić information content (AvgIpc) is 2.54. The molecule has 1 aromatic heterocycles. The lowest BCUT2D eigenvalue weighted by molar-refractivity contribution is 0.0240. The van der Waals surface area contributed by atoms with Crippen LogP contribution in [-0.2, 0) is 4.74 Å². The van der Waals surface area contributed by atoms with Crippen molar-refractivity contribution in [1.82, 2.24) is 15.1 Å². The summed E-state index contributed by atoms with van der Waals surface area (Å²) >= 11 is 6.24. The number of anilines is 1.